The molecule has 0 spiro atoms. The van der Waals surface area contributed by atoms with Crippen molar-refractivity contribution >= 4 is 46.1 Å². The number of thiocarbonyl (C=S) groups is 1. The number of aromatic hydroxyl groups is 1. The van der Waals surface area contributed by atoms with Crippen LogP contribution in [0.5, 0.6) is 5.88 Å². The molecule has 3 aromatic rings. The molecule has 0 aliphatic carbocycles. The monoisotopic (exact) mass is 533 g/mol. The maximum Gasteiger partial charge on any atom is 0.271 e. The maximum atomic E-state index is 13.3. The third-order valence-corrected chi connectivity index (χ3v) is 7.24. The molecule has 2 aromatic carbocycles. The second-order valence-corrected chi connectivity index (χ2v) is 9.92. The molecular weight excluding hydrogens is 513 g/mol. The van der Waals surface area contributed by atoms with Gasteiger partial charge in [0.15, 0.2) is 5.78 Å². The first-order valence-electron chi connectivity index (χ1n) is 11.2. The van der Waals surface area contributed by atoms with E-state index in [0.717, 1.165) is 21.9 Å². The van der Waals surface area contributed by atoms with Crippen LogP contribution in [0, 0.1) is 24.1 Å². The molecule has 1 N–H and O–H groups in total. The van der Waals surface area contributed by atoms with Gasteiger partial charge in [0.05, 0.1) is 17.0 Å². The summed E-state index contributed by atoms with van der Waals surface area (Å²) in [4.78, 5) is 40.7. The van der Waals surface area contributed by atoms with Crippen molar-refractivity contribution in [2.75, 3.05) is 6.54 Å². The highest BCUT2D eigenvalue weighted by Gasteiger charge is 2.33. The lowest BCUT2D eigenvalue weighted by Crippen LogP contribution is -2.31. The second kappa shape index (κ2) is 10.9. The normalized spacial score (nSPS) is 14.3. The number of pyridine rings is 1. The second-order valence-electron chi connectivity index (χ2n) is 8.25. The Morgan fingerprint density at radius 1 is 1.16 bits per heavy atom. The van der Waals surface area contributed by atoms with Crippen LogP contribution in [0.25, 0.3) is 6.08 Å². The number of carbonyl (C=O) groups excluding carboxylic acids is 2. The van der Waals surface area contributed by atoms with Crippen LogP contribution >= 0.6 is 24.0 Å². The van der Waals surface area contributed by atoms with Crippen LogP contribution in [0.15, 0.2) is 64.3 Å². The van der Waals surface area contributed by atoms with Gasteiger partial charge in [0, 0.05) is 13.0 Å². The minimum Gasteiger partial charge on any atom is -0.494 e. The smallest absolute Gasteiger partial charge is 0.271 e. The van der Waals surface area contributed by atoms with E-state index in [1.807, 2.05) is 36.4 Å². The SMILES string of the molecule is Cc1c(C(=O)CCN2C(=O)/C(=C/c3ccccc3)SC2=S)c(O)n(Cc2ccc(F)cc2)c(=O)c1C#N. The molecule has 4 rings (SSSR count). The van der Waals surface area contributed by atoms with Gasteiger partial charge in [-0.2, -0.15) is 5.26 Å². The molecule has 1 saturated heterocycles. The van der Waals surface area contributed by atoms with Crippen molar-refractivity contribution in [2.24, 2.45) is 0 Å². The van der Waals surface area contributed by atoms with Crippen LogP contribution in [-0.4, -0.2) is 37.1 Å². The van der Waals surface area contributed by atoms with E-state index >= 15 is 0 Å². The summed E-state index contributed by atoms with van der Waals surface area (Å²) in [5.41, 5.74) is 0.170. The van der Waals surface area contributed by atoms with Crippen LogP contribution in [0.3, 0.4) is 0 Å². The summed E-state index contributed by atoms with van der Waals surface area (Å²) in [5, 5.41) is 20.5. The van der Waals surface area contributed by atoms with E-state index in [0.29, 0.717) is 14.8 Å². The Morgan fingerprint density at radius 2 is 1.84 bits per heavy atom. The van der Waals surface area contributed by atoms with Gasteiger partial charge in [0.2, 0.25) is 5.88 Å². The lowest BCUT2D eigenvalue weighted by molar-refractivity contribution is -0.122. The summed E-state index contributed by atoms with van der Waals surface area (Å²) < 4.78 is 14.5. The van der Waals surface area contributed by atoms with Gasteiger partial charge in [-0.3, -0.25) is 23.9 Å². The molecule has 1 aliphatic rings. The van der Waals surface area contributed by atoms with Crippen molar-refractivity contribution in [3.8, 4) is 11.9 Å². The fourth-order valence-corrected chi connectivity index (χ4v) is 5.24. The molecule has 2 heterocycles. The molecule has 1 fully saturated rings. The summed E-state index contributed by atoms with van der Waals surface area (Å²) in [6, 6.07) is 16.4. The Kier molecular flexibility index (Phi) is 7.66. The molecule has 0 radical (unpaired) electrons. The molecule has 186 valence electrons. The Labute approximate surface area is 221 Å². The van der Waals surface area contributed by atoms with E-state index in [1.165, 1.54) is 36.1 Å². The van der Waals surface area contributed by atoms with Gasteiger partial charge in [-0.25, -0.2) is 4.39 Å². The van der Waals surface area contributed by atoms with Crippen LogP contribution in [0.4, 0.5) is 4.39 Å². The zero-order valence-electron chi connectivity index (χ0n) is 19.6. The van der Waals surface area contributed by atoms with Crippen molar-refractivity contribution in [3.63, 3.8) is 0 Å². The molecule has 37 heavy (non-hydrogen) atoms. The predicted octanol–water partition coefficient (Wildman–Crippen LogP) is 4.40. The fourth-order valence-electron chi connectivity index (χ4n) is 3.94. The number of ketones is 1. The summed E-state index contributed by atoms with van der Waals surface area (Å²) in [5.74, 6) is -1.94. The lowest BCUT2D eigenvalue weighted by Gasteiger charge is -2.17. The highest BCUT2D eigenvalue weighted by atomic mass is 32.2. The molecular formula is C27H20FN3O4S2. The van der Waals surface area contributed by atoms with E-state index < -0.39 is 23.0 Å². The molecule has 0 saturated carbocycles. The Morgan fingerprint density at radius 3 is 2.49 bits per heavy atom. The number of benzene rings is 2. The van der Waals surface area contributed by atoms with Crippen molar-refractivity contribution in [1.29, 1.82) is 5.26 Å². The number of halogens is 1. The van der Waals surface area contributed by atoms with Gasteiger partial charge < -0.3 is 5.11 Å². The summed E-state index contributed by atoms with van der Waals surface area (Å²) in [6.07, 6.45) is 1.53. The topological polar surface area (TPSA) is 103 Å². The Bertz CT molecular complexity index is 1540. The number of aromatic nitrogens is 1. The minimum atomic E-state index is -0.763. The molecule has 1 aromatic heterocycles. The zero-order valence-corrected chi connectivity index (χ0v) is 21.2. The number of amides is 1. The summed E-state index contributed by atoms with van der Waals surface area (Å²) in [7, 11) is 0. The zero-order chi connectivity index (χ0) is 26.7. The summed E-state index contributed by atoms with van der Waals surface area (Å²) >= 11 is 6.48. The van der Waals surface area contributed by atoms with E-state index in [4.69, 9.17) is 12.2 Å². The number of rotatable bonds is 7. The fraction of sp³-hybridized carbons (Fsp3) is 0.148. The third kappa shape index (κ3) is 5.38. The predicted molar refractivity (Wildman–Crippen MR) is 143 cm³/mol. The number of nitrogens with zero attached hydrogens (tertiary/aromatic N) is 3. The van der Waals surface area contributed by atoms with Gasteiger partial charge in [-0.05, 0) is 41.8 Å². The van der Waals surface area contributed by atoms with Gasteiger partial charge in [-0.15, -0.1) is 0 Å². The Hall–Kier alpha value is -4.07. The first kappa shape index (κ1) is 26.0. The average molecular weight is 534 g/mol. The molecule has 1 aliphatic heterocycles. The van der Waals surface area contributed by atoms with Crippen molar-refractivity contribution < 1.29 is 19.1 Å². The summed E-state index contributed by atoms with van der Waals surface area (Å²) in [6.45, 7) is 1.21. The first-order chi connectivity index (χ1) is 17.7. The van der Waals surface area contributed by atoms with Gasteiger partial charge >= 0.3 is 0 Å². The number of hydrogen-bond acceptors (Lipinski definition) is 7. The van der Waals surface area contributed by atoms with E-state index in [9.17, 15) is 29.1 Å². The Balaban J connectivity index is 1.59. The number of hydrogen-bond donors (Lipinski definition) is 1. The molecule has 0 unspecified atom stereocenters. The number of Topliss-reactive ketones (excluding diaryl/α,β-unsaturated/α-hetero) is 1. The van der Waals surface area contributed by atoms with Gasteiger partial charge in [0.1, 0.15) is 21.8 Å². The molecule has 0 atom stereocenters. The van der Waals surface area contributed by atoms with Gasteiger partial charge in [-0.1, -0.05) is 66.4 Å². The van der Waals surface area contributed by atoms with E-state index in [1.54, 1.807) is 6.08 Å². The van der Waals surface area contributed by atoms with Gasteiger partial charge in [0.25, 0.3) is 11.5 Å². The largest absolute Gasteiger partial charge is 0.494 e. The standard InChI is InChI=1S/C27H20FN3O4S2/c1-16-20(14-29)24(33)31(15-18-7-9-19(28)10-8-18)26(35)23(16)21(32)11-12-30-25(34)22(37-27(30)36)13-17-5-3-2-4-6-17/h2-10,13,35H,11-12,15H2,1H3/b22-13-. The number of thioether (sulfide) groups is 1. The van der Waals surface area contributed by atoms with Crippen LogP contribution in [0.2, 0.25) is 0 Å². The van der Waals surface area contributed by atoms with Crippen LogP contribution < -0.4 is 5.56 Å². The van der Waals surface area contributed by atoms with Crippen LogP contribution in [-0.2, 0) is 11.3 Å². The molecule has 7 nitrogen and oxygen atoms in total. The maximum absolute atomic E-state index is 13.3. The lowest BCUT2D eigenvalue weighted by atomic mass is 9.99. The molecule has 10 heteroatoms. The number of carbonyl (C=O) groups is 2. The average Bonchev–Trinajstić information content (AvgIpc) is 3.14. The van der Waals surface area contributed by atoms with Crippen molar-refractivity contribution in [1.82, 2.24) is 9.47 Å². The highest BCUT2D eigenvalue weighted by Crippen LogP contribution is 2.33. The molecule has 1 amide bonds. The quantitative estimate of drug-likeness (QED) is 0.273. The van der Waals surface area contributed by atoms with Crippen LogP contribution in [0.1, 0.15) is 39.0 Å². The van der Waals surface area contributed by atoms with Crippen molar-refractivity contribution in [2.45, 2.75) is 19.9 Å². The number of nitriles is 1. The highest BCUT2D eigenvalue weighted by molar-refractivity contribution is 8.26. The first-order valence-corrected chi connectivity index (χ1v) is 12.4. The minimum absolute atomic E-state index is 0.0342. The van der Waals surface area contributed by atoms with E-state index in [2.05, 4.69) is 0 Å². The van der Waals surface area contributed by atoms with E-state index in [-0.39, 0.29) is 42.1 Å². The third-order valence-electron chi connectivity index (χ3n) is 5.87. The molecule has 0 bridgehead atoms. The van der Waals surface area contributed by atoms with Crippen molar-refractivity contribution in [3.05, 3.63) is 103 Å².